The zero-order valence-corrected chi connectivity index (χ0v) is 14.0. The lowest BCUT2D eigenvalue weighted by Crippen LogP contribution is -2.33. The summed E-state index contributed by atoms with van der Waals surface area (Å²) in [4.78, 5) is 24.8. The number of likely N-dealkylation sites (tertiary alicyclic amines) is 1. The summed E-state index contributed by atoms with van der Waals surface area (Å²) in [6.45, 7) is 2.71. The third-order valence-electron chi connectivity index (χ3n) is 4.55. The van der Waals surface area contributed by atoms with E-state index >= 15 is 0 Å². The van der Waals surface area contributed by atoms with Gasteiger partial charge in [0.15, 0.2) is 0 Å². The molecule has 2 aromatic rings. The van der Waals surface area contributed by atoms with Crippen molar-refractivity contribution in [1.29, 1.82) is 0 Å². The molecule has 0 unspecified atom stereocenters. The van der Waals surface area contributed by atoms with Crippen LogP contribution in [0.15, 0.2) is 60.7 Å². The van der Waals surface area contributed by atoms with Crippen molar-refractivity contribution in [3.05, 3.63) is 81.9 Å². The third kappa shape index (κ3) is 3.94. The number of hydrogen-bond donors (Lipinski definition) is 0. The summed E-state index contributed by atoms with van der Waals surface area (Å²) in [7, 11) is 0. The van der Waals surface area contributed by atoms with Crippen LogP contribution in [0.4, 0.5) is 5.69 Å². The number of carbonyl (C=O) groups is 1. The molecule has 1 saturated heterocycles. The predicted octanol–water partition coefficient (Wildman–Crippen LogP) is 4.16. The number of carbonyl (C=O) groups excluding carboxylic acids is 1. The molecule has 5 heteroatoms. The molecule has 3 rings (SSSR count). The second-order valence-electron chi connectivity index (χ2n) is 6.38. The molecule has 2 aromatic carbocycles. The van der Waals surface area contributed by atoms with E-state index in [-0.39, 0.29) is 17.6 Å². The van der Waals surface area contributed by atoms with E-state index in [1.165, 1.54) is 24.3 Å². The summed E-state index contributed by atoms with van der Waals surface area (Å²) < 4.78 is 0. The Bertz CT molecular complexity index is 784. The Kier molecular flexibility index (Phi) is 4.93. The number of non-ortho nitro benzene ring substituents is 1. The molecule has 0 N–H and O–H groups in total. The second-order valence-corrected chi connectivity index (χ2v) is 6.38. The molecular formula is C20H20N2O3. The molecule has 1 aliphatic rings. The summed E-state index contributed by atoms with van der Waals surface area (Å²) >= 11 is 0. The number of amides is 1. The number of hydrogen-bond acceptors (Lipinski definition) is 3. The number of rotatable bonds is 4. The van der Waals surface area contributed by atoms with Crippen molar-refractivity contribution >= 4 is 17.7 Å². The maximum atomic E-state index is 12.7. The molecule has 0 spiro atoms. The summed E-state index contributed by atoms with van der Waals surface area (Å²) in [6.07, 6.45) is 5.17. The highest BCUT2D eigenvalue weighted by Gasteiger charge is 2.31. The van der Waals surface area contributed by atoms with E-state index in [2.05, 4.69) is 24.3 Å². The van der Waals surface area contributed by atoms with Gasteiger partial charge in [-0.05, 0) is 37.0 Å². The highest BCUT2D eigenvalue weighted by molar-refractivity contribution is 5.94. The molecule has 1 amide bonds. The van der Waals surface area contributed by atoms with Crippen molar-refractivity contribution in [2.45, 2.75) is 19.4 Å². The highest BCUT2D eigenvalue weighted by atomic mass is 16.6. The fraction of sp³-hybridized carbons (Fsp3) is 0.250. The quantitative estimate of drug-likeness (QED) is 0.622. The molecule has 2 atom stereocenters. The normalized spacial score (nSPS) is 20.1. The van der Waals surface area contributed by atoms with E-state index < -0.39 is 4.92 Å². The zero-order chi connectivity index (χ0) is 17.8. The van der Waals surface area contributed by atoms with Crippen molar-refractivity contribution in [2.75, 3.05) is 6.54 Å². The van der Waals surface area contributed by atoms with E-state index in [0.29, 0.717) is 18.0 Å². The van der Waals surface area contributed by atoms with Crippen molar-refractivity contribution in [3.8, 4) is 0 Å². The van der Waals surface area contributed by atoms with E-state index in [1.807, 2.05) is 30.0 Å². The molecule has 0 aromatic heterocycles. The molecule has 0 aliphatic carbocycles. The molecule has 5 nitrogen and oxygen atoms in total. The van der Waals surface area contributed by atoms with Crippen molar-refractivity contribution < 1.29 is 9.72 Å². The van der Waals surface area contributed by atoms with Gasteiger partial charge in [0.1, 0.15) is 0 Å². The Labute approximate surface area is 146 Å². The van der Waals surface area contributed by atoms with Gasteiger partial charge in [-0.1, -0.05) is 42.5 Å². The van der Waals surface area contributed by atoms with Crippen LogP contribution in [0, 0.1) is 16.0 Å². The van der Waals surface area contributed by atoms with Gasteiger partial charge in [-0.15, -0.1) is 0 Å². The van der Waals surface area contributed by atoms with Crippen LogP contribution < -0.4 is 0 Å². The van der Waals surface area contributed by atoms with Gasteiger partial charge in [0.25, 0.3) is 11.6 Å². The minimum atomic E-state index is -0.461. The van der Waals surface area contributed by atoms with Crippen molar-refractivity contribution in [2.24, 2.45) is 5.92 Å². The van der Waals surface area contributed by atoms with E-state index in [0.717, 1.165) is 12.0 Å². The van der Waals surface area contributed by atoms with Crippen LogP contribution in [-0.4, -0.2) is 28.3 Å². The number of nitrogens with zero attached hydrogens (tertiary/aromatic N) is 2. The average molecular weight is 336 g/mol. The Morgan fingerprint density at radius 2 is 1.84 bits per heavy atom. The minimum absolute atomic E-state index is 0.00492. The standard InChI is InChI=1S/C20H20N2O3/c1-15-13-17(8-7-16-5-3-2-4-6-16)14-21(15)20(23)18-9-11-19(12-10-18)22(24)25/h2-12,15,17H,13-14H2,1H3/b8-7+/t15-,17-/m1/s1. The maximum absolute atomic E-state index is 12.7. The lowest BCUT2D eigenvalue weighted by Gasteiger charge is -2.21. The van der Waals surface area contributed by atoms with Gasteiger partial charge >= 0.3 is 0 Å². The number of nitro groups is 1. The first-order valence-electron chi connectivity index (χ1n) is 8.33. The molecule has 1 aliphatic heterocycles. The molecular weight excluding hydrogens is 316 g/mol. The van der Waals surface area contributed by atoms with Gasteiger partial charge in [0, 0.05) is 30.3 Å². The third-order valence-corrected chi connectivity index (χ3v) is 4.55. The lowest BCUT2D eigenvalue weighted by atomic mass is 10.0. The summed E-state index contributed by atoms with van der Waals surface area (Å²) in [6, 6.07) is 16.0. The first-order chi connectivity index (χ1) is 12.0. The first kappa shape index (κ1) is 16.9. The Balaban J connectivity index is 1.67. The number of nitro benzene ring substituents is 1. The van der Waals surface area contributed by atoms with E-state index in [1.54, 1.807) is 0 Å². The molecule has 0 bridgehead atoms. The van der Waals surface area contributed by atoms with Crippen LogP contribution in [0.1, 0.15) is 29.3 Å². The molecule has 1 heterocycles. The smallest absolute Gasteiger partial charge is 0.269 e. The lowest BCUT2D eigenvalue weighted by molar-refractivity contribution is -0.384. The average Bonchev–Trinajstić information content (AvgIpc) is 3.01. The summed E-state index contributed by atoms with van der Waals surface area (Å²) in [5.41, 5.74) is 1.63. The van der Waals surface area contributed by atoms with E-state index in [4.69, 9.17) is 0 Å². The first-order valence-corrected chi connectivity index (χ1v) is 8.33. The molecule has 0 saturated carbocycles. The topological polar surface area (TPSA) is 63.5 Å². The molecule has 0 radical (unpaired) electrons. The Morgan fingerprint density at radius 3 is 2.48 bits per heavy atom. The zero-order valence-electron chi connectivity index (χ0n) is 14.0. The molecule has 25 heavy (non-hydrogen) atoms. The van der Waals surface area contributed by atoms with Gasteiger partial charge in [-0.25, -0.2) is 0 Å². The van der Waals surface area contributed by atoms with Gasteiger partial charge < -0.3 is 4.90 Å². The maximum Gasteiger partial charge on any atom is 0.269 e. The molecule has 128 valence electrons. The fourth-order valence-electron chi connectivity index (χ4n) is 3.20. The van der Waals surface area contributed by atoms with Gasteiger partial charge in [0.05, 0.1) is 4.92 Å². The summed E-state index contributed by atoms with van der Waals surface area (Å²) in [5.74, 6) is 0.246. The van der Waals surface area contributed by atoms with Crippen LogP contribution in [0.5, 0.6) is 0 Å². The number of benzene rings is 2. The minimum Gasteiger partial charge on any atom is -0.335 e. The Morgan fingerprint density at radius 1 is 1.16 bits per heavy atom. The SMILES string of the molecule is C[C@@H]1C[C@@H](/C=C/c2ccccc2)CN1C(=O)c1ccc([N+](=O)[O-])cc1. The highest BCUT2D eigenvalue weighted by Crippen LogP contribution is 2.27. The van der Waals surface area contributed by atoms with Crippen LogP contribution in [0.2, 0.25) is 0 Å². The monoisotopic (exact) mass is 336 g/mol. The second kappa shape index (κ2) is 7.30. The van der Waals surface area contributed by atoms with Crippen LogP contribution >= 0.6 is 0 Å². The van der Waals surface area contributed by atoms with Gasteiger partial charge in [-0.3, -0.25) is 14.9 Å². The largest absolute Gasteiger partial charge is 0.335 e. The predicted molar refractivity (Wildman–Crippen MR) is 97.2 cm³/mol. The van der Waals surface area contributed by atoms with E-state index in [9.17, 15) is 14.9 Å². The van der Waals surface area contributed by atoms with Crippen LogP contribution in [0.3, 0.4) is 0 Å². The van der Waals surface area contributed by atoms with Crippen molar-refractivity contribution in [1.82, 2.24) is 4.90 Å². The Hall–Kier alpha value is -2.95. The van der Waals surface area contributed by atoms with Crippen LogP contribution in [-0.2, 0) is 0 Å². The molecule has 1 fully saturated rings. The van der Waals surface area contributed by atoms with Crippen molar-refractivity contribution in [3.63, 3.8) is 0 Å². The van der Waals surface area contributed by atoms with Gasteiger partial charge in [-0.2, -0.15) is 0 Å². The summed E-state index contributed by atoms with van der Waals surface area (Å²) in [5, 5.41) is 10.7. The van der Waals surface area contributed by atoms with Crippen LogP contribution in [0.25, 0.3) is 6.08 Å². The van der Waals surface area contributed by atoms with Gasteiger partial charge in [0.2, 0.25) is 0 Å². The fourth-order valence-corrected chi connectivity index (χ4v) is 3.20.